The zero-order valence-corrected chi connectivity index (χ0v) is 21.4. The first-order valence-electron chi connectivity index (χ1n) is 11.3. The first-order valence-corrected chi connectivity index (χ1v) is 13.5. The van der Waals surface area contributed by atoms with Gasteiger partial charge in [0.25, 0.3) is 5.91 Å². The smallest absolute Gasteiger partial charge is 0.264 e. The number of benzene rings is 2. The number of carbonyl (C=O) groups excluding carboxylic acids is 1. The minimum Gasteiger partial charge on any atom is -0.497 e. The highest BCUT2D eigenvalue weighted by Crippen LogP contribution is 2.32. The molecule has 3 heterocycles. The molecule has 1 fully saturated rings. The van der Waals surface area contributed by atoms with Gasteiger partial charge in [-0.1, -0.05) is 18.2 Å². The number of carbonyl (C=O) groups is 1. The highest BCUT2D eigenvalue weighted by molar-refractivity contribution is 7.89. The summed E-state index contributed by atoms with van der Waals surface area (Å²) in [6, 6.07) is 16.3. The molecule has 0 spiro atoms. The van der Waals surface area contributed by atoms with Gasteiger partial charge in [-0.15, -0.1) is 11.3 Å². The number of hydrogen-bond donors (Lipinski definition) is 0. The van der Waals surface area contributed by atoms with Gasteiger partial charge in [-0.05, 0) is 55.8 Å². The Morgan fingerprint density at radius 1 is 1.00 bits per heavy atom. The Bertz CT molecular complexity index is 1500. The van der Waals surface area contributed by atoms with Crippen LogP contribution < -0.4 is 4.74 Å². The normalized spacial score (nSPS) is 15.0. The summed E-state index contributed by atoms with van der Waals surface area (Å²) < 4.78 is 34.5. The van der Waals surface area contributed by atoms with Crippen molar-refractivity contribution in [1.29, 1.82) is 0 Å². The molecule has 1 aliphatic rings. The number of nitrogens with zero attached hydrogens (tertiary/aromatic N) is 4. The Kier molecular flexibility index (Phi) is 6.12. The van der Waals surface area contributed by atoms with Gasteiger partial charge in [0.15, 0.2) is 0 Å². The quantitative estimate of drug-likeness (QED) is 0.407. The van der Waals surface area contributed by atoms with Gasteiger partial charge in [0, 0.05) is 31.6 Å². The van der Waals surface area contributed by atoms with Gasteiger partial charge in [0.1, 0.15) is 10.6 Å². The highest BCUT2D eigenvalue weighted by atomic mass is 32.2. The van der Waals surface area contributed by atoms with Crippen LogP contribution in [0.15, 0.2) is 59.5 Å². The van der Waals surface area contributed by atoms with Crippen LogP contribution >= 0.6 is 11.3 Å². The van der Waals surface area contributed by atoms with E-state index >= 15 is 0 Å². The van der Waals surface area contributed by atoms with Crippen LogP contribution in [0.25, 0.3) is 15.9 Å². The van der Waals surface area contributed by atoms with Crippen LogP contribution in [-0.2, 0) is 10.0 Å². The van der Waals surface area contributed by atoms with Crippen molar-refractivity contribution in [2.45, 2.75) is 18.7 Å². The maximum absolute atomic E-state index is 13.3. The largest absolute Gasteiger partial charge is 0.497 e. The van der Waals surface area contributed by atoms with E-state index in [9.17, 15) is 13.2 Å². The topological polar surface area (TPSA) is 84.7 Å². The summed E-state index contributed by atoms with van der Waals surface area (Å²) in [6.45, 7) is 5.16. The summed E-state index contributed by atoms with van der Waals surface area (Å²) >= 11 is 1.42. The number of amides is 1. The maximum atomic E-state index is 13.3. The predicted octanol–water partition coefficient (Wildman–Crippen LogP) is 3.86. The van der Waals surface area contributed by atoms with E-state index < -0.39 is 10.0 Å². The summed E-state index contributed by atoms with van der Waals surface area (Å²) in [4.78, 5) is 16.8. The molecule has 0 aliphatic carbocycles. The number of aryl methyl sites for hydroxylation is 2. The first kappa shape index (κ1) is 23.5. The lowest BCUT2D eigenvalue weighted by Crippen LogP contribution is -2.50. The van der Waals surface area contributed by atoms with Gasteiger partial charge in [0.2, 0.25) is 10.0 Å². The molecular weight excluding hydrogens is 484 g/mol. The van der Waals surface area contributed by atoms with Crippen LogP contribution in [0.1, 0.15) is 20.9 Å². The molecule has 5 rings (SSSR count). The van der Waals surface area contributed by atoms with Gasteiger partial charge in [-0.25, -0.2) is 13.1 Å². The summed E-state index contributed by atoms with van der Waals surface area (Å²) in [7, 11) is -2.09. The third-order valence-corrected chi connectivity index (χ3v) is 9.33. The van der Waals surface area contributed by atoms with Gasteiger partial charge in [-0.3, -0.25) is 4.79 Å². The maximum Gasteiger partial charge on any atom is 0.264 e. The minimum atomic E-state index is -3.63. The molecule has 4 aromatic rings. The van der Waals surface area contributed by atoms with Crippen molar-refractivity contribution in [2.24, 2.45) is 0 Å². The van der Waals surface area contributed by atoms with E-state index in [4.69, 9.17) is 9.84 Å². The van der Waals surface area contributed by atoms with Crippen LogP contribution in [0.3, 0.4) is 0 Å². The Hall–Kier alpha value is -3.21. The van der Waals surface area contributed by atoms with E-state index in [1.54, 1.807) is 29.2 Å². The van der Waals surface area contributed by atoms with Crippen molar-refractivity contribution in [3.05, 3.63) is 70.7 Å². The van der Waals surface area contributed by atoms with Crippen LogP contribution in [0, 0.1) is 13.8 Å². The third kappa shape index (κ3) is 4.22. The average molecular weight is 511 g/mol. The molecule has 2 aromatic carbocycles. The van der Waals surface area contributed by atoms with Crippen molar-refractivity contribution in [3.63, 3.8) is 0 Å². The molecule has 0 unspecified atom stereocenters. The molecule has 0 atom stereocenters. The Morgan fingerprint density at radius 2 is 1.69 bits per heavy atom. The molecule has 1 amide bonds. The fourth-order valence-electron chi connectivity index (χ4n) is 4.30. The second-order valence-electron chi connectivity index (χ2n) is 8.48. The molecule has 8 nitrogen and oxygen atoms in total. The van der Waals surface area contributed by atoms with Gasteiger partial charge in [0.05, 0.1) is 28.3 Å². The van der Waals surface area contributed by atoms with Crippen molar-refractivity contribution in [3.8, 4) is 11.4 Å². The van der Waals surface area contributed by atoms with E-state index in [0.29, 0.717) is 23.7 Å². The lowest BCUT2D eigenvalue weighted by atomic mass is 10.2. The summed E-state index contributed by atoms with van der Waals surface area (Å²) in [6.07, 6.45) is 0. The SMILES string of the molecule is COc1ccc(S(=O)(=O)N2CCN(C(=O)c3cc4c(C)nn(-c5ccccc5C)c4s3)CC2)cc1. The van der Waals surface area contributed by atoms with Gasteiger partial charge < -0.3 is 9.64 Å². The number of rotatable bonds is 5. The molecule has 1 aliphatic heterocycles. The highest BCUT2D eigenvalue weighted by Gasteiger charge is 2.31. The standard InChI is InChI=1S/C25H26N4O4S2/c1-17-6-4-5-7-22(17)29-25-21(18(2)26-29)16-23(34-25)24(30)27-12-14-28(15-13-27)35(31,32)20-10-8-19(33-3)9-11-20/h4-11,16H,12-15H2,1-3H3. The number of sulfonamides is 1. The average Bonchev–Trinajstić information content (AvgIpc) is 3.44. The molecule has 0 radical (unpaired) electrons. The summed E-state index contributed by atoms with van der Waals surface area (Å²) in [5, 5.41) is 5.65. The van der Waals surface area contributed by atoms with E-state index in [1.807, 2.05) is 48.9 Å². The van der Waals surface area contributed by atoms with Crippen molar-refractivity contribution in [1.82, 2.24) is 19.0 Å². The van der Waals surface area contributed by atoms with E-state index in [1.165, 1.54) is 22.8 Å². The van der Waals surface area contributed by atoms with Gasteiger partial charge >= 0.3 is 0 Å². The minimum absolute atomic E-state index is 0.0802. The van der Waals surface area contributed by atoms with Crippen molar-refractivity contribution < 1.29 is 17.9 Å². The van der Waals surface area contributed by atoms with E-state index in [2.05, 4.69) is 0 Å². The third-order valence-electron chi connectivity index (χ3n) is 6.32. The Labute approximate surface area is 208 Å². The zero-order valence-electron chi connectivity index (χ0n) is 19.8. The molecule has 35 heavy (non-hydrogen) atoms. The van der Waals surface area contributed by atoms with Gasteiger partial charge in [-0.2, -0.15) is 9.40 Å². The number of fused-ring (bicyclic) bond motifs is 1. The molecule has 0 saturated carbocycles. The first-order chi connectivity index (χ1) is 16.8. The number of ether oxygens (including phenoxy) is 1. The van der Waals surface area contributed by atoms with Crippen molar-refractivity contribution in [2.75, 3.05) is 33.3 Å². The molecule has 2 aromatic heterocycles. The predicted molar refractivity (Wildman–Crippen MR) is 136 cm³/mol. The molecular formula is C25H26N4O4S2. The van der Waals surface area contributed by atoms with Crippen molar-refractivity contribution >= 4 is 37.5 Å². The number of hydrogen-bond acceptors (Lipinski definition) is 6. The lowest BCUT2D eigenvalue weighted by Gasteiger charge is -2.33. The fourth-order valence-corrected chi connectivity index (χ4v) is 6.87. The monoisotopic (exact) mass is 510 g/mol. The molecule has 1 saturated heterocycles. The summed E-state index contributed by atoms with van der Waals surface area (Å²) in [5.41, 5.74) is 2.96. The molecule has 182 valence electrons. The number of aromatic nitrogens is 2. The van der Waals surface area contributed by atoms with Crippen LogP contribution in [0.5, 0.6) is 5.75 Å². The summed E-state index contributed by atoms with van der Waals surface area (Å²) in [5.74, 6) is 0.520. The second kappa shape index (κ2) is 9.10. The fraction of sp³-hybridized carbons (Fsp3) is 0.280. The van der Waals surface area contributed by atoms with Crippen LogP contribution in [0.4, 0.5) is 0 Å². The van der Waals surface area contributed by atoms with E-state index in [0.717, 1.165) is 27.2 Å². The zero-order chi connectivity index (χ0) is 24.7. The number of para-hydroxylation sites is 1. The van der Waals surface area contributed by atoms with Crippen LogP contribution in [0.2, 0.25) is 0 Å². The molecule has 0 N–H and O–H groups in total. The number of methoxy groups -OCH3 is 1. The second-order valence-corrected chi connectivity index (χ2v) is 11.5. The molecule has 0 bridgehead atoms. The Balaban J connectivity index is 1.33. The Morgan fingerprint density at radius 3 is 2.34 bits per heavy atom. The lowest BCUT2D eigenvalue weighted by molar-refractivity contribution is 0.0703. The van der Waals surface area contributed by atoms with E-state index in [-0.39, 0.29) is 23.9 Å². The van der Waals surface area contributed by atoms with Crippen LogP contribution in [-0.4, -0.2) is 66.6 Å². The number of piperazine rings is 1. The number of thiophene rings is 1. The molecule has 10 heteroatoms.